The highest BCUT2D eigenvalue weighted by molar-refractivity contribution is 5.56. The van der Waals surface area contributed by atoms with Gasteiger partial charge in [0.1, 0.15) is 0 Å². The van der Waals surface area contributed by atoms with E-state index in [4.69, 9.17) is 0 Å². The highest BCUT2D eigenvalue weighted by Gasteiger charge is 2.37. The van der Waals surface area contributed by atoms with Crippen molar-refractivity contribution in [2.45, 2.75) is 52.6 Å². The Hall–Kier alpha value is -1.02. The van der Waals surface area contributed by atoms with Gasteiger partial charge in [0.15, 0.2) is 0 Å². The van der Waals surface area contributed by atoms with E-state index in [0.29, 0.717) is 12.0 Å². The number of anilines is 1. The summed E-state index contributed by atoms with van der Waals surface area (Å²) in [6.45, 7) is 13.0. The van der Waals surface area contributed by atoms with Gasteiger partial charge in [0, 0.05) is 30.9 Å². The van der Waals surface area contributed by atoms with E-state index in [0.717, 1.165) is 6.04 Å². The lowest BCUT2D eigenvalue weighted by molar-refractivity contribution is 0.176. The van der Waals surface area contributed by atoms with Crippen LogP contribution in [0.3, 0.4) is 0 Å². The highest BCUT2D eigenvalue weighted by atomic mass is 15.3. The maximum Gasteiger partial charge on any atom is 0.0440 e. The van der Waals surface area contributed by atoms with Crippen LogP contribution in [0, 0.1) is 19.8 Å². The molecule has 3 rings (SSSR count). The summed E-state index contributed by atoms with van der Waals surface area (Å²) in [5.74, 6) is 0.705. The average molecular weight is 272 g/mol. The second kappa shape index (κ2) is 5.40. The highest BCUT2D eigenvalue weighted by Crippen LogP contribution is 2.33. The number of piperazine rings is 1. The van der Waals surface area contributed by atoms with E-state index in [-0.39, 0.29) is 0 Å². The van der Waals surface area contributed by atoms with Crippen LogP contribution in [0.5, 0.6) is 0 Å². The quantitative estimate of drug-likeness (QED) is 0.811. The molecule has 0 bridgehead atoms. The van der Waals surface area contributed by atoms with Gasteiger partial charge < -0.3 is 4.90 Å². The van der Waals surface area contributed by atoms with E-state index in [1.165, 1.54) is 49.3 Å². The molecule has 0 spiro atoms. The molecule has 0 aromatic heterocycles. The van der Waals surface area contributed by atoms with Crippen LogP contribution in [-0.4, -0.2) is 36.6 Å². The number of rotatable bonds is 2. The van der Waals surface area contributed by atoms with E-state index in [9.17, 15) is 0 Å². The largest absolute Gasteiger partial charge is 0.365 e. The predicted molar refractivity (Wildman–Crippen MR) is 86.5 cm³/mol. The minimum atomic E-state index is 0.657. The summed E-state index contributed by atoms with van der Waals surface area (Å²) in [4.78, 5) is 5.44. The van der Waals surface area contributed by atoms with Crippen molar-refractivity contribution in [2.24, 2.45) is 5.92 Å². The number of nitrogens with zero attached hydrogens (tertiary/aromatic N) is 2. The molecule has 2 nitrogen and oxygen atoms in total. The lowest BCUT2D eigenvalue weighted by Crippen LogP contribution is -2.58. The molecule has 0 saturated carbocycles. The van der Waals surface area contributed by atoms with Crippen molar-refractivity contribution < 1.29 is 0 Å². The van der Waals surface area contributed by atoms with E-state index in [2.05, 4.69) is 55.7 Å². The molecule has 1 aromatic carbocycles. The first kappa shape index (κ1) is 13.9. The third kappa shape index (κ3) is 2.46. The molecule has 2 heterocycles. The van der Waals surface area contributed by atoms with E-state index >= 15 is 0 Å². The van der Waals surface area contributed by atoms with Crippen LogP contribution in [0.1, 0.15) is 37.8 Å². The van der Waals surface area contributed by atoms with Gasteiger partial charge in [-0.25, -0.2) is 0 Å². The van der Waals surface area contributed by atoms with Gasteiger partial charge in [0.25, 0.3) is 0 Å². The number of aryl methyl sites for hydroxylation is 2. The smallest absolute Gasteiger partial charge is 0.0440 e. The minimum absolute atomic E-state index is 0.657. The van der Waals surface area contributed by atoms with Gasteiger partial charge in [0.05, 0.1) is 0 Å². The Morgan fingerprint density at radius 2 is 1.95 bits per heavy atom. The van der Waals surface area contributed by atoms with Crippen LogP contribution >= 0.6 is 0 Å². The van der Waals surface area contributed by atoms with Crippen molar-refractivity contribution in [2.75, 3.05) is 24.5 Å². The van der Waals surface area contributed by atoms with Crippen LogP contribution in [-0.2, 0) is 0 Å². The summed E-state index contributed by atoms with van der Waals surface area (Å²) in [7, 11) is 0. The zero-order valence-electron chi connectivity index (χ0n) is 13.4. The summed E-state index contributed by atoms with van der Waals surface area (Å²) >= 11 is 0. The van der Waals surface area contributed by atoms with Crippen LogP contribution in [0.25, 0.3) is 0 Å². The van der Waals surface area contributed by atoms with Gasteiger partial charge >= 0.3 is 0 Å². The van der Waals surface area contributed by atoms with E-state index < -0.39 is 0 Å². The van der Waals surface area contributed by atoms with E-state index in [1.807, 2.05) is 0 Å². The molecular formula is C18H28N2. The topological polar surface area (TPSA) is 6.48 Å². The van der Waals surface area contributed by atoms with Gasteiger partial charge in [-0.15, -0.1) is 0 Å². The number of fused-ring (bicyclic) bond motifs is 1. The molecule has 20 heavy (non-hydrogen) atoms. The van der Waals surface area contributed by atoms with Gasteiger partial charge in [-0.1, -0.05) is 26.0 Å². The zero-order chi connectivity index (χ0) is 14.3. The average Bonchev–Trinajstić information content (AvgIpc) is 2.87. The maximum atomic E-state index is 2.73. The molecule has 2 heteroatoms. The van der Waals surface area contributed by atoms with Gasteiger partial charge in [-0.2, -0.15) is 0 Å². The lowest BCUT2D eigenvalue weighted by atomic mass is 9.95. The summed E-state index contributed by atoms with van der Waals surface area (Å²) in [5.41, 5.74) is 4.27. The molecule has 0 amide bonds. The summed E-state index contributed by atoms with van der Waals surface area (Å²) in [6.07, 6.45) is 2.77. The summed E-state index contributed by atoms with van der Waals surface area (Å²) in [6, 6.07) is 8.34. The standard InChI is InChI=1S/C18H28N2/c1-13(2)18-12-19-9-5-6-16(19)11-20(18)17-10-14(3)7-8-15(17)4/h7-8,10,13,16,18H,5-6,9,11-12H2,1-4H3. The molecule has 2 saturated heterocycles. The summed E-state index contributed by atoms with van der Waals surface area (Å²) in [5, 5.41) is 0. The van der Waals surface area contributed by atoms with Crippen LogP contribution < -0.4 is 4.90 Å². The molecule has 0 N–H and O–H groups in total. The van der Waals surface area contributed by atoms with Crippen molar-refractivity contribution in [1.29, 1.82) is 0 Å². The molecule has 0 radical (unpaired) electrons. The van der Waals surface area contributed by atoms with Crippen LogP contribution in [0.2, 0.25) is 0 Å². The lowest BCUT2D eigenvalue weighted by Gasteiger charge is -2.47. The third-order valence-corrected chi connectivity index (χ3v) is 5.17. The monoisotopic (exact) mass is 272 g/mol. The Labute approximate surface area is 123 Å². The first-order chi connectivity index (χ1) is 9.56. The van der Waals surface area contributed by atoms with Crippen molar-refractivity contribution in [3.63, 3.8) is 0 Å². The van der Waals surface area contributed by atoms with Gasteiger partial charge in [0.2, 0.25) is 0 Å². The van der Waals surface area contributed by atoms with E-state index in [1.54, 1.807) is 0 Å². The Bertz CT molecular complexity index is 480. The fraction of sp³-hybridized carbons (Fsp3) is 0.667. The molecule has 110 valence electrons. The molecular weight excluding hydrogens is 244 g/mol. The summed E-state index contributed by atoms with van der Waals surface area (Å²) < 4.78 is 0. The fourth-order valence-electron chi connectivity index (χ4n) is 3.92. The van der Waals surface area contributed by atoms with Crippen LogP contribution in [0.4, 0.5) is 5.69 Å². The van der Waals surface area contributed by atoms with Crippen molar-refractivity contribution in [1.82, 2.24) is 4.90 Å². The second-order valence-corrected chi connectivity index (χ2v) is 7.04. The normalized spacial score (nSPS) is 27.1. The van der Waals surface area contributed by atoms with Gasteiger partial charge in [-0.05, 0) is 56.3 Å². The predicted octanol–water partition coefficient (Wildman–Crippen LogP) is 3.61. The fourth-order valence-corrected chi connectivity index (χ4v) is 3.92. The maximum absolute atomic E-state index is 2.73. The first-order valence-electron chi connectivity index (χ1n) is 8.14. The van der Waals surface area contributed by atoms with Crippen molar-refractivity contribution in [3.05, 3.63) is 29.3 Å². The van der Waals surface area contributed by atoms with Crippen molar-refractivity contribution in [3.8, 4) is 0 Å². The molecule has 2 fully saturated rings. The molecule has 2 aliphatic heterocycles. The minimum Gasteiger partial charge on any atom is -0.365 e. The van der Waals surface area contributed by atoms with Crippen molar-refractivity contribution >= 4 is 5.69 Å². The number of benzene rings is 1. The first-order valence-corrected chi connectivity index (χ1v) is 8.14. The molecule has 0 aliphatic carbocycles. The number of hydrogen-bond donors (Lipinski definition) is 0. The molecule has 1 aromatic rings. The Morgan fingerprint density at radius 1 is 1.15 bits per heavy atom. The molecule has 2 unspecified atom stereocenters. The Kier molecular flexibility index (Phi) is 3.76. The van der Waals surface area contributed by atoms with Crippen LogP contribution in [0.15, 0.2) is 18.2 Å². The Morgan fingerprint density at radius 3 is 2.70 bits per heavy atom. The second-order valence-electron chi connectivity index (χ2n) is 7.04. The third-order valence-electron chi connectivity index (χ3n) is 5.17. The Balaban J connectivity index is 1.93. The molecule has 2 aliphatic rings. The molecule has 2 atom stereocenters. The van der Waals surface area contributed by atoms with Gasteiger partial charge in [-0.3, -0.25) is 4.90 Å². The zero-order valence-corrected chi connectivity index (χ0v) is 13.4. The SMILES string of the molecule is Cc1ccc(C)c(N2CC3CCCN3CC2C(C)C)c1. The number of hydrogen-bond acceptors (Lipinski definition) is 2.